The van der Waals surface area contributed by atoms with Crippen LogP contribution in [0.1, 0.15) is 17.7 Å². The van der Waals surface area contributed by atoms with Crippen molar-refractivity contribution in [3.63, 3.8) is 0 Å². The van der Waals surface area contributed by atoms with Gasteiger partial charge in [-0.2, -0.15) is 12.7 Å². The summed E-state index contributed by atoms with van der Waals surface area (Å²) in [6, 6.07) is 9.47. The first-order chi connectivity index (χ1) is 16.4. The third-order valence-electron chi connectivity index (χ3n) is 5.19. The van der Waals surface area contributed by atoms with Gasteiger partial charge in [0, 0.05) is 49.5 Å². The number of aromatic nitrogens is 3. The van der Waals surface area contributed by atoms with E-state index in [1.807, 2.05) is 46.5 Å². The van der Waals surface area contributed by atoms with E-state index in [4.69, 9.17) is 9.73 Å². The van der Waals surface area contributed by atoms with Gasteiger partial charge in [0.25, 0.3) is 10.2 Å². The Morgan fingerprint density at radius 1 is 1.38 bits per heavy atom. The molecule has 3 heterocycles. The van der Waals surface area contributed by atoms with Gasteiger partial charge in [0.15, 0.2) is 4.80 Å². The lowest BCUT2D eigenvalue weighted by atomic mass is 10.2. The van der Waals surface area contributed by atoms with Gasteiger partial charge in [0.1, 0.15) is 5.75 Å². The van der Waals surface area contributed by atoms with Crippen LogP contribution in [-0.4, -0.2) is 60.5 Å². The summed E-state index contributed by atoms with van der Waals surface area (Å²) in [6.45, 7) is 6.37. The Bertz CT molecular complexity index is 1320. The summed E-state index contributed by atoms with van der Waals surface area (Å²) in [4.78, 5) is 14.3. The zero-order valence-electron chi connectivity index (χ0n) is 18.8. The molecule has 0 atom stereocenters. The zero-order valence-corrected chi connectivity index (χ0v) is 20.5. The smallest absolute Gasteiger partial charge is 0.279 e. The molecule has 0 unspecified atom stereocenters. The highest BCUT2D eigenvalue weighted by molar-refractivity contribution is 7.87. The van der Waals surface area contributed by atoms with Crippen LogP contribution in [0.25, 0.3) is 5.70 Å². The van der Waals surface area contributed by atoms with Crippen molar-refractivity contribution in [2.24, 2.45) is 4.99 Å². The van der Waals surface area contributed by atoms with E-state index in [1.54, 1.807) is 13.3 Å². The lowest BCUT2D eigenvalue weighted by molar-refractivity contribution is 0.383. The maximum atomic E-state index is 12.0. The lowest BCUT2D eigenvalue weighted by Gasteiger charge is -2.26. The summed E-state index contributed by atoms with van der Waals surface area (Å²) in [5.41, 5.74) is 2.33. The minimum atomic E-state index is -3.38. The van der Waals surface area contributed by atoms with E-state index in [9.17, 15) is 8.42 Å². The van der Waals surface area contributed by atoms with Crippen molar-refractivity contribution in [3.8, 4) is 5.75 Å². The quantitative estimate of drug-likeness (QED) is 0.463. The topological polar surface area (TPSA) is 114 Å². The maximum absolute atomic E-state index is 12.0. The molecular weight excluding hydrogens is 474 g/mol. The van der Waals surface area contributed by atoms with Gasteiger partial charge in [-0.1, -0.05) is 18.7 Å². The van der Waals surface area contributed by atoms with Gasteiger partial charge < -0.3 is 14.6 Å². The average Bonchev–Trinajstić information content (AvgIpc) is 3.26. The van der Waals surface area contributed by atoms with E-state index in [2.05, 4.69) is 26.6 Å². The first-order valence-corrected chi connectivity index (χ1v) is 13.1. The van der Waals surface area contributed by atoms with Crippen LogP contribution in [0.5, 0.6) is 5.75 Å². The maximum Gasteiger partial charge on any atom is 0.279 e. The van der Waals surface area contributed by atoms with Crippen molar-refractivity contribution in [1.29, 1.82) is 0 Å². The molecule has 2 aromatic heterocycles. The summed E-state index contributed by atoms with van der Waals surface area (Å²) in [5.74, 6) is 1.21. The SMILES string of the molecule is C=C(/N=c1/sccn1Cc1ccnc(NCCN2CCCNS2(=O)=O)n1)c1cccc(OC)c1. The number of hydrogen-bond acceptors (Lipinski definition) is 8. The molecule has 2 N–H and O–H groups in total. The second kappa shape index (κ2) is 10.9. The second-order valence-corrected chi connectivity index (χ2v) is 10.2. The highest BCUT2D eigenvalue weighted by Crippen LogP contribution is 2.19. The minimum absolute atomic E-state index is 0.345. The molecule has 180 valence electrons. The van der Waals surface area contributed by atoms with Gasteiger partial charge in [-0.15, -0.1) is 11.3 Å². The van der Waals surface area contributed by atoms with E-state index < -0.39 is 10.2 Å². The molecule has 0 amide bonds. The number of anilines is 1. The van der Waals surface area contributed by atoms with Gasteiger partial charge >= 0.3 is 0 Å². The predicted molar refractivity (Wildman–Crippen MR) is 133 cm³/mol. The number of nitrogens with one attached hydrogen (secondary N) is 2. The van der Waals surface area contributed by atoms with Crippen molar-refractivity contribution in [2.75, 3.05) is 38.6 Å². The normalized spacial score (nSPS) is 16.3. The molecule has 34 heavy (non-hydrogen) atoms. The van der Waals surface area contributed by atoms with Crippen molar-refractivity contribution >= 4 is 33.2 Å². The molecule has 1 aromatic carbocycles. The van der Waals surface area contributed by atoms with Crippen molar-refractivity contribution < 1.29 is 13.2 Å². The van der Waals surface area contributed by atoms with E-state index in [-0.39, 0.29) is 0 Å². The number of ether oxygens (including phenoxy) is 1. The summed E-state index contributed by atoms with van der Waals surface area (Å²) < 4.78 is 35.3. The van der Waals surface area contributed by atoms with E-state index >= 15 is 0 Å². The summed E-state index contributed by atoms with van der Waals surface area (Å²) >= 11 is 1.51. The predicted octanol–water partition coefficient (Wildman–Crippen LogP) is 1.92. The van der Waals surface area contributed by atoms with Crippen LogP contribution in [0, 0.1) is 0 Å². The Hall–Kier alpha value is -3.06. The third-order valence-corrected chi connectivity index (χ3v) is 7.60. The second-order valence-electron chi connectivity index (χ2n) is 7.55. The van der Waals surface area contributed by atoms with Crippen LogP contribution in [0.2, 0.25) is 0 Å². The molecule has 1 saturated heterocycles. The average molecular weight is 502 g/mol. The van der Waals surface area contributed by atoms with E-state index in [1.165, 1.54) is 15.6 Å². The molecule has 3 aromatic rings. The fraction of sp³-hybridized carbons (Fsp3) is 0.318. The number of methoxy groups -OCH3 is 1. The molecule has 12 heteroatoms. The first kappa shape index (κ1) is 24.1. The van der Waals surface area contributed by atoms with Crippen LogP contribution in [0.4, 0.5) is 5.95 Å². The zero-order chi connectivity index (χ0) is 24.0. The monoisotopic (exact) mass is 501 g/mol. The summed E-state index contributed by atoms with van der Waals surface area (Å²) in [6.07, 6.45) is 4.43. The van der Waals surface area contributed by atoms with Crippen LogP contribution in [0.15, 0.2) is 59.7 Å². The molecule has 10 nitrogen and oxygen atoms in total. The lowest BCUT2D eigenvalue weighted by Crippen LogP contribution is -2.48. The minimum Gasteiger partial charge on any atom is -0.497 e. The van der Waals surface area contributed by atoms with Gasteiger partial charge in [-0.3, -0.25) is 0 Å². The molecule has 1 aliphatic heterocycles. The Labute approximate surface area is 202 Å². The van der Waals surface area contributed by atoms with Crippen LogP contribution >= 0.6 is 11.3 Å². The van der Waals surface area contributed by atoms with Gasteiger partial charge in [0.2, 0.25) is 5.95 Å². The van der Waals surface area contributed by atoms with Gasteiger partial charge in [-0.25, -0.2) is 19.7 Å². The van der Waals surface area contributed by atoms with Crippen LogP contribution in [-0.2, 0) is 16.8 Å². The molecule has 0 saturated carbocycles. The van der Waals surface area contributed by atoms with Crippen molar-refractivity contribution in [3.05, 3.63) is 70.7 Å². The van der Waals surface area contributed by atoms with Crippen molar-refractivity contribution in [2.45, 2.75) is 13.0 Å². The molecule has 1 aliphatic rings. The Kier molecular flexibility index (Phi) is 7.73. The number of thiazole rings is 1. The molecule has 0 radical (unpaired) electrons. The largest absolute Gasteiger partial charge is 0.497 e. The molecule has 4 rings (SSSR count). The molecule has 0 bridgehead atoms. The van der Waals surface area contributed by atoms with Crippen LogP contribution in [0.3, 0.4) is 0 Å². The Balaban J connectivity index is 1.41. The van der Waals surface area contributed by atoms with Gasteiger partial charge in [0.05, 0.1) is 25.0 Å². The highest BCUT2D eigenvalue weighted by Gasteiger charge is 2.24. The molecular formula is C22H27N7O3S2. The third kappa shape index (κ3) is 6.08. The van der Waals surface area contributed by atoms with E-state index in [0.29, 0.717) is 44.4 Å². The van der Waals surface area contributed by atoms with Gasteiger partial charge in [-0.05, 0) is 24.6 Å². The Morgan fingerprint density at radius 2 is 2.26 bits per heavy atom. The van der Waals surface area contributed by atoms with Crippen molar-refractivity contribution in [1.82, 2.24) is 23.6 Å². The number of rotatable bonds is 9. The summed E-state index contributed by atoms with van der Waals surface area (Å²) in [5, 5.41) is 5.08. The molecule has 0 aliphatic carbocycles. The summed E-state index contributed by atoms with van der Waals surface area (Å²) in [7, 11) is -1.75. The molecule has 0 spiro atoms. The first-order valence-electron chi connectivity index (χ1n) is 10.8. The fourth-order valence-electron chi connectivity index (χ4n) is 3.43. The highest BCUT2D eigenvalue weighted by atomic mass is 32.2. The van der Waals surface area contributed by atoms with E-state index in [0.717, 1.165) is 28.2 Å². The number of nitrogens with zero attached hydrogens (tertiary/aromatic N) is 5. The number of hydrogen-bond donors (Lipinski definition) is 2. The van der Waals surface area contributed by atoms with Crippen LogP contribution < -0.4 is 19.6 Å². The standard InChI is InChI=1S/C22H27N7O3S2/c1-17(18-5-3-6-20(15-18)32-2)26-22-28(13-14-33-22)16-19-7-9-23-21(27-19)24-10-12-29-11-4-8-25-34(29,30)31/h3,5-7,9,13-15,25H,1,4,8,10-12,16H2,2H3,(H,23,24,27)/b26-22+. The Morgan fingerprint density at radius 3 is 3.09 bits per heavy atom. The molecule has 1 fully saturated rings. The number of benzene rings is 1. The fourth-order valence-corrected chi connectivity index (χ4v) is 5.47.